The highest BCUT2D eigenvalue weighted by molar-refractivity contribution is 7.21. The van der Waals surface area contributed by atoms with Gasteiger partial charge in [-0.2, -0.15) is 0 Å². The van der Waals surface area contributed by atoms with Gasteiger partial charge in [-0.1, -0.05) is 291 Å². The number of thiophene rings is 1. The largest absolute Gasteiger partial charge is 0.309 e. The number of aromatic nitrogens is 4. The zero-order valence-electron chi connectivity index (χ0n) is 58.8. The van der Waals surface area contributed by atoms with E-state index in [0.717, 1.165) is 98.1 Å². The maximum atomic E-state index is 6.40. The molecule has 4 heterocycles. The first-order chi connectivity index (χ1) is 54.1. The Balaban J connectivity index is 0.796. The fourth-order valence-corrected chi connectivity index (χ4v) is 21.9. The van der Waals surface area contributed by atoms with E-state index in [0.29, 0.717) is 0 Å². The summed E-state index contributed by atoms with van der Waals surface area (Å²) in [5.41, 5.74) is 36.7. The Labute approximate surface area is 631 Å². The Morgan fingerprint density at radius 2 is 0.495 bits per heavy atom. The average Bonchev–Trinajstić information content (AvgIpc) is 1.50. The van der Waals surface area contributed by atoms with E-state index in [-0.39, 0.29) is 0 Å². The number of fused-ring (bicyclic) bond motifs is 33. The van der Waals surface area contributed by atoms with Crippen molar-refractivity contribution >= 4 is 98.6 Å². The predicted molar refractivity (Wildman–Crippen MR) is 453 cm³/mol. The molecule has 0 amide bonds. The second kappa shape index (κ2) is 21.9. The average molecular weight is 1400 g/mol. The van der Waals surface area contributed by atoms with Crippen LogP contribution in [0.2, 0.25) is 0 Å². The minimum Gasteiger partial charge on any atom is -0.309 e. The fourth-order valence-electron chi connectivity index (χ4n) is 20.7. The molecule has 0 aliphatic heterocycles. The van der Waals surface area contributed by atoms with Crippen LogP contribution in [0.3, 0.4) is 0 Å². The summed E-state index contributed by atoms with van der Waals surface area (Å²) in [6, 6.07) is 137. The first-order valence-corrected chi connectivity index (χ1v) is 38.6. The van der Waals surface area contributed by atoms with Crippen molar-refractivity contribution in [1.82, 2.24) is 19.1 Å². The molecule has 109 heavy (non-hydrogen) atoms. The Bertz CT molecular complexity index is 7080. The standard InChI is InChI=1S/C104H60N4S/c1-3-25-65(26-4-1)107-91-47-21-13-33-73(91)79-57-63(51-55-93(79)107)61-49-53-67-68-54-50-62(64-52-56-94-80(58-64)74-34-14-22-48-92(74)108(94)66-27-5-2-6-28-66)60-82(68)98-97(81(67)59-61)105-99-100(106-98)102(78-38-24-46-90-96(78)76-36-12-20-44-88(76)104(90)85-41-17-9-31-71(85)72-32-10-18-42-86(72)104)109-101(99)77-37-23-45-89-95(77)75-35-11-19-43-87(75)103(89)83-39-15-7-29-69(83)70-30-8-16-40-84(70)103/h1-60H. The van der Waals surface area contributed by atoms with Gasteiger partial charge in [0.2, 0.25) is 0 Å². The highest BCUT2D eigenvalue weighted by atomic mass is 32.1. The van der Waals surface area contributed by atoms with E-state index in [1.165, 1.54) is 133 Å². The van der Waals surface area contributed by atoms with Crippen molar-refractivity contribution in [3.63, 3.8) is 0 Å². The predicted octanol–water partition coefficient (Wildman–Crippen LogP) is 26.7. The van der Waals surface area contributed by atoms with Crippen LogP contribution in [-0.4, -0.2) is 19.1 Å². The van der Waals surface area contributed by atoms with E-state index in [1.807, 2.05) is 11.3 Å². The van der Waals surface area contributed by atoms with Gasteiger partial charge in [0.15, 0.2) is 0 Å². The molecule has 4 aliphatic rings. The molecule has 502 valence electrons. The van der Waals surface area contributed by atoms with E-state index in [9.17, 15) is 0 Å². The van der Waals surface area contributed by atoms with Crippen molar-refractivity contribution < 1.29 is 0 Å². The van der Waals surface area contributed by atoms with Crippen LogP contribution in [0.25, 0.3) is 186 Å². The summed E-state index contributed by atoms with van der Waals surface area (Å²) in [5, 5.41) is 9.21. The Morgan fingerprint density at radius 1 is 0.202 bits per heavy atom. The van der Waals surface area contributed by atoms with Crippen LogP contribution >= 0.6 is 11.3 Å². The molecule has 21 aromatic rings. The smallest absolute Gasteiger partial charge is 0.109 e. The van der Waals surface area contributed by atoms with Gasteiger partial charge in [-0.05, 0) is 195 Å². The fraction of sp³-hybridized carbons (Fsp3) is 0.0192. The van der Waals surface area contributed by atoms with E-state index >= 15 is 0 Å². The summed E-state index contributed by atoms with van der Waals surface area (Å²) in [6.45, 7) is 0. The summed E-state index contributed by atoms with van der Waals surface area (Å²) < 4.78 is 4.80. The second-order valence-corrected chi connectivity index (χ2v) is 31.0. The lowest BCUT2D eigenvalue weighted by atomic mass is 9.70. The highest BCUT2D eigenvalue weighted by Gasteiger charge is 2.54. The lowest BCUT2D eigenvalue weighted by Gasteiger charge is -2.30. The van der Waals surface area contributed by atoms with Gasteiger partial charge in [0.25, 0.3) is 0 Å². The number of benzene rings is 17. The molecule has 17 aromatic carbocycles. The summed E-state index contributed by atoms with van der Waals surface area (Å²) in [7, 11) is 0. The van der Waals surface area contributed by atoms with Gasteiger partial charge in [0.05, 0.1) is 53.7 Å². The van der Waals surface area contributed by atoms with Gasteiger partial charge in [-0.25, -0.2) is 9.97 Å². The molecule has 0 fully saturated rings. The first kappa shape index (κ1) is 59.4. The van der Waals surface area contributed by atoms with E-state index < -0.39 is 10.8 Å². The lowest BCUT2D eigenvalue weighted by Crippen LogP contribution is -2.25. The molecular formula is C104H60N4S. The lowest BCUT2D eigenvalue weighted by molar-refractivity contribution is 0.794. The summed E-state index contributed by atoms with van der Waals surface area (Å²) in [6.07, 6.45) is 0. The van der Waals surface area contributed by atoms with Crippen LogP contribution in [0, 0.1) is 0 Å². The topological polar surface area (TPSA) is 35.6 Å². The quantitative estimate of drug-likeness (QED) is 0.156. The number of nitrogens with zero attached hydrogens (tertiary/aromatic N) is 4. The van der Waals surface area contributed by atoms with Gasteiger partial charge >= 0.3 is 0 Å². The van der Waals surface area contributed by atoms with Crippen molar-refractivity contribution in [2.24, 2.45) is 0 Å². The van der Waals surface area contributed by atoms with Crippen molar-refractivity contribution in [2.75, 3.05) is 0 Å². The molecule has 0 saturated carbocycles. The van der Waals surface area contributed by atoms with Crippen LogP contribution < -0.4 is 0 Å². The highest BCUT2D eigenvalue weighted by Crippen LogP contribution is 2.67. The van der Waals surface area contributed by atoms with Crippen LogP contribution in [-0.2, 0) is 10.8 Å². The number of hydrogen-bond acceptors (Lipinski definition) is 3. The Kier molecular flexibility index (Phi) is 11.9. The van der Waals surface area contributed by atoms with E-state index in [1.54, 1.807) is 0 Å². The zero-order valence-corrected chi connectivity index (χ0v) is 59.7. The maximum Gasteiger partial charge on any atom is 0.109 e. The molecule has 0 N–H and O–H groups in total. The number of rotatable bonds is 6. The third kappa shape index (κ3) is 7.71. The minimum atomic E-state index is -0.554. The molecule has 4 aliphatic carbocycles. The zero-order chi connectivity index (χ0) is 71.0. The van der Waals surface area contributed by atoms with Crippen molar-refractivity contribution in [2.45, 2.75) is 10.8 Å². The molecule has 4 aromatic heterocycles. The van der Waals surface area contributed by atoms with Crippen molar-refractivity contribution in [1.29, 1.82) is 0 Å². The van der Waals surface area contributed by atoms with E-state index in [2.05, 4.69) is 373 Å². The molecule has 2 spiro atoms. The van der Waals surface area contributed by atoms with Crippen molar-refractivity contribution in [3.8, 4) is 99.0 Å². The maximum absolute atomic E-state index is 6.40. The number of para-hydroxylation sites is 4. The molecule has 0 radical (unpaired) electrons. The van der Waals surface area contributed by atoms with Gasteiger partial charge in [-0.3, -0.25) is 0 Å². The van der Waals surface area contributed by atoms with Crippen LogP contribution in [0.1, 0.15) is 44.5 Å². The first-order valence-electron chi connectivity index (χ1n) is 37.8. The normalized spacial score (nSPS) is 13.7. The molecule has 0 saturated heterocycles. The summed E-state index contributed by atoms with van der Waals surface area (Å²) >= 11 is 1.86. The second-order valence-electron chi connectivity index (χ2n) is 30.0. The van der Waals surface area contributed by atoms with Crippen LogP contribution in [0.5, 0.6) is 0 Å². The Morgan fingerprint density at radius 3 is 0.890 bits per heavy atom. The molecule has 25 rings (SSSR count). The van der Waals surface area contributed by atoms with E-state index in [4.69, 9.17) is 9.97 Å². The van der Waals surface area contributed by atoms with Crippen LogP contribution in [0.15, 0.2) is 364 Å². The van der Waals surface area contributed by atoms with Crippen LogP contribution in [0.4, 0.5) is 0 Å². The number of hydrogen-bond donors (Lipinski definition) is 0. The Hall–Kier alpha value is -13.8. The summed E-state index contributed by atoms with van der Waals surface area (Å²) in [4.78, 5) is 15.0. The molecule has 4 nitrogen and oxygen atoms in total. The van der Waals surface area contributed by atoms with Gasteiger partial charge in [0.1, 0.15) is 11.0 Å². The molecule has 0 unspecified atom stereocenters. The monoisotopic (exact) mass is 1400 g/mol. The molecular weight excluding hydrogens is 1340 g/mol. The molecule has 0 bridgehead atoms. The third-order valence-electron chi connectivity index (χ3n) is 24.9. The summed E-state index contributed by atoms with van der Waals surface area (Å²) in [5.74, 6) is 0. The SMILES string of the molecule is c1ccc(-n2c3ccccc3c3cc(-c4ccc5c6ccc(-c7ccc8c(c7)c7ccccc7n8-c7ccccc7)cc6c6nc7c(-c8cccc9c8-c8ccccc8C98c9ccccc9-c9ccccc98)sc(-c8cccc9c8-c8ccccc8C98c9ccccc9-c9ccccc98)c7nc6c5c4)ccc32)cc1. The van der Waals surface area contributed by atoms with Gasteiger partial charge in [-0.15, -0.1) is 11.3 Å². The van der Waals surface area contributed by atoms with Gasteiger partial charge < -0.3 is 9.13 Å². The van der Waals surface area contributed by atoms with Crippen molar-refractivity contribution in [3.05, 3.63) is 408 Å². The van der Waals surface area contributed by atoms with Gasteiger partial charge in [0, 0.05) is 54.8 Å². The molecule has 0 atom stereocenters. The molecule has 5 heteroatoms. The minimum absolute atomic E-state index is 0.554. The third-order valence-corrected chi connectivity index (χ3v) is 26.2.